The number of fused-ring (bicyclic) bond motifs is 4. The minimum atomic E-state index is -0.644. The third-order valence-electron chi connectivity index (χ3n) is 11.5. The number of hydrogen-bond acceptors (Lipinski definition) is 9. The van der Waals surface area contributed by atoms with Gasteiger partial charge in [-0.1, -0.05) is 59.6 Å². The van der Waals surface area contributed by atoms with Gasteiger partial charge in [-0.25, -0.2) is 13.6 Å². The number of carbonyl (C=O) groups is 3. The molecule has 12 nitrogen and oxygen atoms in total. The molecule has 0 saturated carbocycles. The van der Waals surface area contributed by atoms with Gasteiger partial charge in [-0.2, -0.15) is 0 Å². The lowest BCUT2D eigenvalue weighted by Crippen LogP contribution is -2.64. The van der Waals surface area contributed by atoms with Crippen molar-refractivity contribution in [3.8, 4) is 0 Å². The molecule has 4 aromatic rings. The molecule has 0 aromatic heterocycles. The summed E-state index contributed by atoms with van der Waals surface area (Å²) in [6, 6.07) is 23.7. The first-order valence-electron chi connectivity index (χ1n) is 21.5. The normalized spacial score (nSPS) is 21.2. The number of anilines is 2. The van der Waals surface area contributed by atoms with Crippen LogP contribution in [-0.4, -0.2) is 120 Å². The molecule has 0 aliphatic carbocycles. The Bertz CT molecular complexity index is 2350. The van der Waals surface area contributed by atoms with E-state index >= 15 is 0 Å². The lowest BCUT2D eigenvalue weighted by Gasteiger charge is -2.49. The van der Waals surface area contributed by atoms with Gasteiger partial charge in [0.25, 0.3) is 0 Å². The molecular formula is C49H54Cl2F2N6O6. The molecule has 4 aliphatic rings. The lowest BCUT2D eigenvalue weighted by atomic mass is 10.0. The number of nitrogens with one attached hydrogen (secondary N) is 1. The summed E-state index contributed by atoms with van der Waals surface area (Å²) in [6.45, 7) is 11.2. The summed E-state index contributed by atoms with van der Waals surface area (Å²) in [4.78, 5) is 46.5. The maximum absolute atomic E-state index is 13.3. The van der Waals surface area contributed by atoms with Gasteiger partial charge < -0.3 is 29.7 Å². The molecule has 344 valence electrons. The molecule has 4 aliphatic heterocycles. The Kier molecular flexibility index (Phi) is 15.6. The summed E-state index contributed by atoms with van der Waals surface area (Å²) in [5.74, 6) is -0.653. The van der Waals surface area contributed by atoms with Crippen molar-refractivity contribution in [1.29, 1.82) is 0 Å². The maximum atomic E-state index is 13.3. The molecule has 3 N–H and O–H groups in total. The number of nitrogens with two attached hydrogens (primary N) is 1. The summed E-state index contributed by atoms with van der Waals surface area (Å²) in [5.41, 5.74) is 9.79. The van der Waals surface area contributed by atoms with Gasteiger partial charge in [0.1, 0.15) is 17.2 Å². The van der Waals surface area contributed by atoms with Crippen molar-refractivity contribution in [3.63, 3.8) is 0 Å². The van der Waals surface area contributed by atoms with Crippen molar-refractivity contribution >= 4 is 64.6 Å². The largest absolute Gasteiger partial charge is 0.444 e. The molecule has 4 bridgehead atoms. The minimum Gasteiger partial charge on any atom is -0.444 e. The Hall–Kier alpha value is -5.35. The first-order chi connectivity index (χ1) is 31.1. The fraction of sp³-hybridized carbons (Fsp3) is 0.367. The zero-order valence-electron chi connectivity index (χ0n) is 36.6. The number of morpholine rings is 2. The van der Waals surface area contributed by atoms with Gasteiger partial charge in [0.2, 0.25) is 11.8 Å². The number of benzene rings is 4. The van der Waals surface area contributed by atoms with Crippen LogP contribution in [0.25, 0.3) is 12.2 Å². The SMILES string of the molecule is CC(C)(C)OC(=O)Nc1cc(Cl)ccc1/C=C/C(=O)N1CC2COCC(C1)N2Cc1ccc(F)cc1.Nc1cc(Cl)ccc1/C=C/C(=O)N1CC2COCC(C1)N2Cc1ccc(F)cc1. The van der Waals surface area contributed by atoms with E-state index in [1.165, 1.54) is 30.3 Å². The molecule has 0 radical (unpaired) electrons. The van der Waals surface area contributed by atoms with Gasteiger partial charge in [0, 0.05) is 67.2 Å². The van der Waals surface area contributed by atoms with Crippen LogP contribution >= 0.6 is 23.2 Å². The van der Waals surface area contributed by atoms with E-state index in [1.54, 1.807) is 87.5 Å². The Morgan fingerprint density at radius 2 is 1.09 bits per heavy atom. The number of hydrogen-bond donors (Lipinski definition) is 2. The smallest absolute Gasteiger partial charge is 0.412 e. The van der Waals surface area contributed by atoms with Crippen LogP contribution in [0.3, 0.4) is 0 Å². The van der Waals surface area contributed by atoms with E-state index in [1.807, 2.05) is 21.9 Å². The lowest BCUT2D eigenvalue weighted by molar-refractivity contribution is -0.141. The quantitative estimate of drug-likeness (QED) is 0.126. The number of nitrogens with zero attached hydrogens (tertiary/aromatic N) is 4. The summed E-state index contributed by atoms with van der Waals surface area (Å²) >= 11 is 12.0. The van der Waals surface area contributed by atoms with Crippen LogP contribution < -0.4 is 11.1 Å². The van der Waals surface area contributed by atoms with E-state index in [9.17, 15) is 23.2 Å². The Morgan fingerprint density at radius 1 is 0.677 bits per heavy atom. The van der Waals surface area contributed by atoms with Gasteiger partial charge in [-0.05, 0) is 104 Å². The fourth-order valence-corrected chi connectivity index (χ4v) is 8.71. The van der Waals surface area contributed by atoms with Crippen LogP contribution in [0.5, 0.6) is 0 Å². The first kappa shape index (κ1) is 47.6. The van der Waals surface area contributed by atoms with Crippen LogP contribution in [0.2, 0.25) is 10.0 Å². The van der Waals surface area contributed by atoms with Crippen LogP contribution in [0.4, 0.5) is 25.0 Å². The number of nitrogen functional groups attached to an aromatic ring is 1. The molecule has 4 unspecified atom stereocenters. The number of rotatable bonds is 9. The van der Waals surface area contributed by atoms with E-state index in [4.69, 9.17) is 43.1 Å². The molecule has 4 heterocycles. The van der Waals surface area contributed by atoms with Crippen LogP contribution in [0.15, 0.2) is 97.1 Å². The highest BCUT2D eigenvalue weighted by molar-refractivity contribution is 6.31. The molecule has 65 heavy (non-hydrogen) atoms. The van der Waals surface area contributed by atoms with Gasteiger partial charge in [-0.3, -0.25) is 24.7 Å². The molecule has 4 saturated heterocycles. The second-order valence-corrected chi connectivity index (χ2v) is 18.4. The van der Waals surface area contributed by atoms with Crippen molar-refractivity contribution in [2.75, 3.05) is 63.7 Å². The summed E-state index contributed by atoms with van der Waals surface area (Å²) in [7, 11) is 0. The van der Waals surface area contributed by atoms with Crippen molar-refractivity contribution in [2.24, 2.45) is 0 Å². The van der Waals surface area contributed by atoms with Gasteiger partial charge in [0.15, 0.2) is 0 Å². The van der Waals surface area contributed by atoms with Crippen LogP contribution in [-0.2, 0) is 36.9 Å². The van der Waals surface area contributed by atoms with Crippen molar-refractivity contribution < 1.29 is 37.4 Å². The Labute approximate surface area is 388 Å². The number of amides is 3. The van der Waals surface area contributed by atoms with Crippen LogP contribution in [0.1, 0.15) is 43.0 Å². The van der Waals surface area contributed by atoms with E-state index in [0.717, 1.165) is 23.2 Å². The van der Waals surface area contributed by atoms with Crippen molar-refractivity contribution in [3.05, 3.63) is 141 Å². The standard InChI is InChI=1S/C27H31ClFN3O4.C22H23ClFN3O2/c1-27(2,3)36-26(34)30-24-12-20(28)8-6-19(24)7-11-25(33)31-14-22-16-35-17-23(15-31)32(22)13-18-4-9-21(29)10-5-18;23-17-5-3-16(21(25)9-17)4-8-22(28)26-11-19-13-29-14-20(12-26)27(19)10-15-1-6-18(24)7-2-15/h4-12,22-23H,13-17H2,1-3H3,(H,30,34);1-9,19-20H,10-14,25H2/b11-7+;8-4+. The molecule has 4 fully saturated rings. The van der Waals surface area contributed by atoms with Crippen molar-refractivity contribution in [2.45, 2.75) is 63.6 Å². The van der Waals surface area contributed by atoms with Crippen molar-refractivity contribution in [1.82, 2.24) is 19.6 Å². The molecule has 4 aromatic carbocycles. The van der Waals surface area contributed by atoms with E-state index in [0.29, 0.717) is 86.1 Å². The molecule has 4 atom stereocenters. The fourth-order valence-electron chi connectivity index (χ4n) is 8.36. The first-order valence-corrected chi connectivity index (χ1v) is 22.3. The predicted molar refractivity (Wildman–Crippen MR) is 249 cm³/mol. The molecule has 3 amide bonds. The summed E-state index contributed by atoms with van der Waals surface area (Å²) < 4.78 is 43.3. The molecular weight excluding hydrogens is 877 g/mol. The topological polar surface area (TPSA) is 130 Å². The van der Waals surface area contributed by atoms with Gasteiger partial charge in [-0.15, -0.1) is 0 Å². The zero-order chi connectivity index (χ0) is 46.3. The van der Waals surface area contributed by atoms with E-state index in [-0.39, 0.29) is 47.6 Å². The highest BCUT2D eigenvalue weighted by atomic mass is 35.5. The highest BCUT2D eigenvalue weighted by Crippen LogP contribution is 2.28. The second-order valence-electron chi connectivity index (χ2n) is 17.6. The second kappa shape index (κ2) is 21.3. The number of ether oxygens (including phenoxy) is 3. The van der Waals surface area contributed by atoms with Crippen LogP contribution in [0, 0.1) is 11.6 Å². The average Bonchev–Trinajstić information content (AvgIpc) is 3.24. The Balaban J connectivity index is 0.000000198. The highest BCUT2D eigenvalue weighted by Gasteiger charge is 2.40. The maximum Gasteiger partial charge on any atom is 0.412 e. The Morgan fingerprint density at radius 3 is 1.52 bits per heavy atom. The third-order valence-corrected chi connectivity index (χ3v) is 12.0. The summed E-state index contributed by atoms with van der Waals surface area (Å²) in [6.07, 6.45) is 5.87. The van der Waals surface area contributed by atoms with E-state index < -0.39 is 11.7 Å². The number of halogens is 4. The van der Waals surface area contributed by atoms with E-state index in [2.05, 4.69) is 15.1 Å². The molecule has 8 rings (SSSR count). The monoisotopic (exact) mass is 930 g/mol. The minimum absolute atomic E-state index is 0.0438. The average molecular weight is 932 g/mol. The zero-order valence-corrected chi connectivity index (χ0v) is 38.1. The number of piperazine rings is 2. The predicted octanol–water partition coefficient (Wildman–Crippen LogP) is 8.14. The summed E-state index contributed by atoms with van der Waals surface area (Å²) in [5, 5.41) is 3.73. The van der Waals surface area contributed by atoms with Gasteiger partial charge in [0.05, 0.1) is 56.3 Å². The van der Waals surface area contributed by atoms with Gasteiger partial charge >= 0.3 is 6.09 Å². The third kappa shape index (κ3) is 13.1. The number of carbonyl (C=O) groups excluding carboxylic acids is 3. The molecule has 16 heteroatoms. The molecule has 0 spiro atoms.